The molecule has 2 aromatic heterocycles. The molecule has 10 heteroatoms. The third-order valence-corrected chi connectivity index (χ3v) is 6.25. The lowest BCUT2D eigenvalue weighted by atomic mass is 9.98. The molecule has 0 saturated carbocycles. The highest BCUT2D eigenvalue weighted by Crippen LogP contribution is 2.30. The first-order chi connectivity index (χ1) is 17.4. The average Bonchev–Trinajstić information content (AvgIpc) is 3.38. The van der Waals surface area contributed by atoms with Crippen molar-refractivity contribution in [2.45, 2.75) is 19.0 Å². The van der Waals surface area contributed by atoms with Crippen molar-refractivity contribution in [1.29, 1.82) is 0 Å². The number of benzene rings is 2. The zero-order valence-corrected chi connectivity index (χ0v) is 19.6. The molecule has 0 bridgehead atoms. The number of carboxylic acids is 1. The number of hydrogen-bond acceptors (Lipinski definition) is 5. The molecule has 1 atom stereocenters. The van der Waals surface area contributed by atoms with Crippen molar-refractivity contribution in [3.8, 4) is 11.1 Å². The van der Waals surface area contributed by atoms with Gasteiger partial charge in [0.05, 0.1) is 23.0 Å². The Morgan fingerprint density at radius 3 is 2.67 bits per heavy atom. The molecule has 1 aliphatic heterocycles. The molecule has 9 nitrogen and oxygen atoms in total. The fourth-order valence-corrected chi connectivity index (χ4v) is 4.44. The van der Waals surface area contributed by atoms with Gasteiger partial charge in [-0.05, 0) is 53.6 Å². The number of amides is 2. The second kappa shape index (κ2) is 9.63. The molecule has 0 unspecified atom stereocenters. The summed E-state index contributed by atoms with van der Waals surface area (Å²) in [5.74, 6) is -1.80. The van der Waals surface area contributed by atoms with Crippen LogP contribution in [-0.4, -0.2) is 49.0 Å². The van der Waals surface area contributed by atoms with Crippen LogP contribution in [0.4, 0.5) is 5.69 Å². The number of aromatic amines is 1. The van der Waals surface area contributed by atoms with Gasteiger partial charge in [0.25, 0.3) is 5.91 Å². The number of hydrogen-bond donors (Lipinski definition) is 3. The molecule has 1 aliphatic rings. The number of carboxylic acid groups (broad SMARTS) is 1. The molecule has 0 aliphatic carbocycles. The van der Waals surface area contributed by atoms with Crippen LogP contribution in [0, 0.1) is 0 Å². The number of nitrogens with zero attached hydrogens (tertiary/aromatic N) is 3. The first-order valence-electron chi connectivity index (χ1n) is 11.1. The fraction of sp³-hybridized carbons (Fsp3) is 0.115. The van der Waals surface area contributed by atoms with Crippen LogP contribution in [0.5, 0.6) is 0 Å². The van der Waals surface area contributed by atoms with Gasteiger partial charge in [0.15, 0.2) is 0 Å². The summed E-state index contributed by atoms with van der Waals surface area (Å²) < 4.78 is 0. The van der Waals surface area contributed by atoms with Gasteiger partial charge < -0.3 is 15.3 Å². The molecule has 0 fully saturated rings. The topological polar surface area (TPSA) is 128 Å². The summed E-state index contributed by atoms with van der Waals surface area (Å²) in [5, 5.41) is 19.5. The molecular weight excluding hydrogens is 482 g/mol. The Hall–Kier alpha value is -4.50. The van der Waals surface area contributed by atoms with Crippen molar-refractivity contribution in [2.24, 2.45) is 0 Å². The van der Waals surface area contributed by atoms with Crippen molar-refractivity contribution in [3.63, 3.8) is 0 Å². The van der Waals surface area contributed by atoms with E-state index in [0.717, 1.165) is 0 Å². The van der Waals surface area contributed by atoms with Gasteiger partial charge in [0.2, 0.25) is 5.91 Å². The number of carbonyl (C=O) groups excluding carboxylic acids is 2. The number of fused-ring (bicyclic) bond motifs is 1. The van der Waals surface area contributed by atoms with Crippen LogP contribution >= 0.6 is 11.6 Å². The Balaban J connectivity index is 1.57. The van der Waals surface area contributed by atoms with Crippen molar-refractivity contribution in [3.05, 3.63) is 101 Å². The molecule has 2 amide bonds. The number of aromatic nitrogens is 3. The van der Waals surface area contributed by atoms with Gasteiger partial charge in [0.1, 0.15) is 6.04 Å². The van der Waals surface area contributed by atoms with E-state index in [1.807, 2.05) is 6.07 Å². The van der Waals surface area contributed by atoms with Crippen LogP contribution in [-0.2, 0) is 17.8 Å². The van der Waals surface area contributed by atoms with Gasteiger partial charge in [-0.2, -0.15) is 5.10 Å². The number of aromatic carboxylic acids is 1. The number of pyridine rings is 1. The summed E-state index contributed by atoms with van der Waals surface area (Å²) >= 11 is 6.12. The number of rotatable bonds is 6. The molecule has 3 N–H and O–H groups in total. The number of nitrogens with one attached hydrogen (secondary N) is 2. The molecule has 0 spiro atoms. The van der Waals surface area contributed by atoms with Crippen LogP contribution in [0.1, 0.15) is 32.0 Å². The molecule has 0 saturated heterocycles. The first kappa shape index (κ1) is 23.3. The van der Waals surface area contributed by atoms with E-state index in [1.165, 1.54) is 17.2 Å². The van der Waals surface area contributed by atoms with Crippen molar-refractivity contribution >= 4 is 35.1 Å². The van der Waals surface area contributed by atoms with E-state index in [9.17, 15) is 19.5 Å². The van der Waals surface area contributed by atoms with E-state index in [1.54, 1.807) is 54.9 Å². The normalized spacial score (nSPS) is 15.2. The predicted molar refractivity (Wildman–Crippen MR) is 133 cm³/mol. The Morgan fingerprint density at radius 2 is 1.94 bits per heavy atom. The van der Waals surface area contributed by atoms with Gasteiger partial charge in [-0.25, -0.2) is 4.79 Å². The van der Waals surface area contributed by atoms with Crippen molar-refractivity contribution in [2.75, 3.05) is 5.32 Å². The summed E-state index contributed by atoms with van der Waals surface area (Å²) in [5.41, 5.74) is 3.11. The van der Waals surface area contributed by atoms with Crippen LogP contribution in [0.2, 0.25) is 5.02 Å². The lowest BCUT2D eigenvalue weighted by Crippen LogP contribution is -2.46. The average molecular weight is 502 g/mol. The van der Waals surface area contributed by atoms with E-state index < -0.39 is 12.0 Å². The van der Waals surface area contributed by atoms with E-state index >= 15 is 0 Å². The third-order valence-electron chi connectivity index (χ3n) is 6.01. The van der Waals surface area contributed by atoms with Crippen molar-refractivity contribution < 1.29 is 19.5 Å². The maximum Gasteiger partial charge on any atom is 0.336 e. The number of carbonyl (C=O) groups is 3. The van der Waals surface area contributed by atoms with Crippen molar-refractivity contribution in [1.82, 2.24) is 20.1 Å². The first-order valence-corrected chi connectivity index (χ1v) is 11.4. The molecule has 2 aromatic carbocycles. The molecule has 3 heterocycles. The predicted octanol–water partition coefficient (Wildman–Crippen LogP) is 4.03. The van der Waals surface area contributed by atoms with Gasteiger partial charge in [-0.1, -0.05) is 23.7 Å². The van der Waals surface area contributed by atoms with Crippen LogP contribution < -0.4 is 5.32 Å². The minimum absolute atomic E-state index is 0.0660. The Bertz CT molecular complexity index is 1460. The fourth-order valence-electron chi connectivity index (χ4n) is 4.27. The molecular formula is C26H20ClN5O4. The zero-order valence-electron chi connectivity index (χ0n) is 18.8. The quantitative estimate of drug-likeness (QED) is 0.366. The van der Waals surface area contributed by atoms with Gasteiger partial charge in [-0.15, -0.1) is 0 Å². The van der Waals surface area contributed by atoms with E-state index in [4.69, 9.17) is 11.6 Å². The standard InChI is InChI=1S/C26H20ClN5O4/c27-17-5-7-20-22(10-17)31-24(33)23(11-18-3-1-2-8-28-18)32(25(20)34)14-15-4-6-19(26(35)36)21(9-15)16-12-29-30-13-16/h1-10,12-13,23H,11,14H2,(H,29,30)(H,31,33)(H,35,36)/t23-/m1/s1. The SMILES string of the molecule is O=C(O)c1ccc(CN2C(=O)c3ccc(Cl)cc3NC(=O)[C@H]2Cc2ccccn2)cc1-c1cn[nH]c1. The summed E-state index contributed by atoms with van der Waals surface area (Å²) in [7, 11) is 0. The number of H-pyrrole nitrogens is 1. The van der Waals surface area contributed by atoms with Gasteiger partial charge in [0, 0.05) is 41.6 Å². The second-order valence-electron chi connectivity index (χ2n) is 8.33. The minimum Gasteiger partial charge on any atom is -0.478 e. The third kappa shape index (κ3) is 4.56. The van der Waals surface area contributed by atoms with Gasteiger partial charge >= 0.3 is 5.97 Å². The number of halogens is 1. The lowest BCUT2D eigenvalue weighted by molar-refractivity contribution is -0.120. The maximum atomic E-state index is 13.7. The minimum atomic E-state index is -1.08. The summed E-state index contributed by atoms with van der Waals surface area (Å²) in [6, 6.07) is 14.1. The summed E-state index contributed by atoms with van der Waals surface area (Å²) in [6.07, 6.45) is 4.95. The highest BCUT2D eigenvalue weighted by Gasteiger charge is 2.36. The monoisotopic (exact) mass is 501 g/mol. The molecule has 0 radical (unpaired) electrons. The Kier molecular flexibility index (Phi) is 6.22. The van der Waals surface area contributed by atoms with Crippen LogP contribution in [0.25, 0.3) is 11.1 Å². The highest BCUT2D eigenvalue weighted by atomic mass is 35.5. The second-order valence-corrected chi connectivity index (χ2v) is 8.76. The van der Waals surface area contributed by atoms with E-state index in [0.29, 0.717) is 38.7 Å². The smallest absolute Gasteiger partial charge is 0.336 e. The largest absolute Gasteiger partial charge is 0.478 e. The number of anilines is 1. The maximum absolute atomic E-state index is 13.7. The van der Waals surface area contributed by atoms with Gasteiger partial charge in [-0.3, -0.25) is 19.7 Å². The van der Waals surface area contributed by atoms with E-state index in [2.05, 4.69) is 20.5 Å². The molecule has 180 valence electrons. The van der Waals surface area contributed by atoms with Crippen LogP contribution in [0.3, 0.4) is 0 Å². The Labute approximate surface area is 210 Å². The molecule has 4 aromatic rings. The Morgan fingerprint density at radius 1 is 1.08 bits per heavy atom. The zero-order chi connectivity index (χ0) is 25.2. The van der Waals surface area contributed by atoms with E-state index in [-0.39, 0.29) is 30.3 Å². The summed E-state index contributed by atoms with van der Waals surface area (Å²) in [4.78, 5) is 44.7. The summed E-state index contributed by atoms with van der Waals surface area (Å²) in [6.45, 7) is 0.0660. The molecule has 36 heavy (non-hydrogen) atoms. The molecule has 5 rings (SSSR count). The lowest BCUT2D eigenvalue weighted by Gasteiger charge is -2.29. The van der Waals surface area contributed by atoms with Crippen LogP contribution in [0.15, 0.2) is 73.2 Å². The highest BCUT2D eigenvalue weighted by molar-refractivity contribution is 6.31.